The molecule has 1 amide bonds. The summed E-state index contributed by atoms with van der Waals surface area (Å²) < 4.78 is 15.5. The number of methoxy groups -OCH3 is 2. The van der Waals surface area contributed by atoms with Crippen molar-refractivity contribution >= 4 is 34.2 Å². The van der Waals surface area contributed by atoms with Crippen molar-refractivity contribution in [1.29, 1.82) is 0 Å². The number of aryl methyl sites for hydroxylation is 2. The second-order valence-electron chi connectivity index (χ2n) is 7.01. The van der Waals surface area contributed by atoms with Crippen molar-refractivity contribution < 1.29 is 28.6 Å². The largest absolute Gasteiger partial charge is 0.493 e. The molecule has 0 fully saturated rings. The van der Waals surface area contributed by atoms with Gasteiger partial charge in [-0.2, -0.15) is 0 Å². The first-order chi connectivity index (χ1) is 14.5. The van der Waals surface area contributed by atoms with Crippen molar-refractivity contribution in [1.82, 2.24) is 0 Å². The van der Waals surface area contributed by atoms with Gasteiger partial charge in [0.05, 0.1) is 32.3 Å². The molecule has 0 radical (unpaired) electrons. The Morgan fingerprint density at radius 2 is 1.93 bits per heavy atom. The van der Waals surface area contributed by atoms with Crippen LogP contribution in [0.2, 0.25) is 0 Å². The van der Waals surface area contributed by atoms with Crippen LogP contribution < -0.4 is 10.1 Å². The Morgan fingerprint density at radius 1 is 1.17 bits per heavy atom. The van der Waals surface area contributed by atoms with Crippen LogP contribution in [0.4, 0.5) is 5.00 Å². The summed E-state index contributed by atoms with van der Waals surface area (Å²) in [5, 5.41) is 3.24. The van der Waals surface area contributed by atoms with Gasteiger partial charge in [-0.1, -0.05) is 18.2 Å². The monoisotopic (exact) mass is 431 g/mol. The van der Waals surface area contributed by atoms with Crippen molar-refractivity contribution in [3.8, 4) is 5.75 Å². The fraction of sp³-hybridized carbons (Fsp3) is 0.409. The molecule has 1 aliphatic carbocycles. The molecule has 1 heterocycles. The molecular formula is C22H25NO6S. The summed E-state index contributed by atoms with van der Waals surface area (Å²) in [7, 11) is 2.61. The fourth-order valence-corrected chi connectivity index (χ4v) is 4.84. The number of esters is 2. The Hall–Kier alpha value is -2.87. The van der Waals surface area contributed by atoms with Gasteiger partial charge in [-0.05, 0) is 43.4 Å². The third kappa shape index (κ3) is 4.64. The lowest BCUT2D eigenvalue weighted by Gasteiger charge is -2.12. The number of para-hydroxylation sites is 1. The zero-order chi connectivity index (χ0) is 21.7. The summed E-state index contributed by atoms with van der Waals surface area (Å²) in [5.74, 6) is -0.884. The molecule has 1 atom stereocenters. The van der Waals surface area contributed by atoms with Gasteiger partial charge in [0.2, 0.25) is 5.91 Å². The number of hydrogen-bond acceptors (Lipinski definition) is 7. The number of anilines is 1. The van der Waals surface area contributed by atoms with Gasteiger partial charge in [-0.15, -0.1) is 11.3 Å². The number of benzene rings is 1. The van der Waals surface area contributed by atoms with E-state index in [1.165, 1.54) is 25.6 Å². The van der Waals surface area contributed by atoms with E-state index in [1.54, 1.807) is 0 Å². The van der Waals surface area contributed by atoms with E-state index in [2.05, 4.69) is 5.32 Å². The van der Waals surface area contributed by atoms with Crippen molar-refractivity contribution in [3.05, 3.63) is 45.8 Å². The molecule has 7 nitrogen and oxygen atoms in total. The Morgan fingerprint density at radius 3 is 2.63 bits per heavy atom. The number of rotatable bonds is 8. The van der Waals surface area contributed by atoms with Crippen LogP contribution in [-0.4, -0.2) is 38.7 Å². The highest BCUT2D eigenvalue weighted by atomic mass is 32.1. The number of nitrogens with one attached hydrogen (secondary N) is 1. The van der Waals surface area contributed by atoms with Crippen molar-refractivity contribution in [3.63, 3.8) is 0 Å². The second-order valence-corrected chi connectivity index (χ2v) is 8.12. The number of amides is 1. The van der Waals surface area contributed by atoms with Gasteiger partial charge in [0.1, 0.15) is 10.8 Å². The molecule has 0 saturated heterocycles. The van der Waals surface area contributed by atoms with Gasteiger partial charge in [-0.25, -0.2) is 4.79 Å². The average Bonchev–Trinajstić information content (AvgIpc) is 3.30. The van der Waals surface area contributed by atoms with Gasteiger partial charge in [0.15, 0.2) is 0 Å². The third-order valence-electron chi connectivity index (χ3n) is 5.06. The lowest BCUT2D eigenvalue weighted by Crippen LogP contribution is -2.18. The van der Waals surface area contributed by atoms with Gasteiger partial charge >= 0.3 is 11.9 Å². The molecule has 0 aliphatic heterocycles. The maximum absolute atomic E-state index is 12.4. The predicted molar refractivity (Wildman–Crippen MR) is 113 cm³/mol. The van der Waals surface area contributed by atoms with E-state index in [4.69, 9.17) is 14.2 Å². The molecule has 160 valence electrons. The van der Waals surface area contributed by atoms with E-state index in [-0.39, 0.29) is 23.9 Å². The minimum Gasteiger partial charge on any atom is -0.493 e. The van der Waals surface area contributed by atoms with Crippen LogP contribution in [0.3, 0.4) is 0 Å². The van der Waals surface area contributed by atoms with Crippen LogP contribution in [0, 0.1) is 6.92 Å². The first kappa shape index (κ1) is 21.8. The van der Waals surface area contributed by atoms with Gasteiger partial charge in [-0.3, -0.25) is 9.59 Å². The molecule has 0 spiro atoms. The Labute approximate surface area is 179 Å². The van der Waals surface area contributed by atoms with Crippen LogP contribution in [0.15, 0.2) is 24.3 Å². The summed E-state index contributed by atoms with van der Waals surface area (Å²) in [6.45, 7) is 2.38. The van der Waals surface area contributed by atoms with E-state index in [1.807, 2.05) is 31.2 Å². The number of hydrogen-bond donors (Lipinski definition) is 1. The maximum atomic E-state index is 12.4. The first-order valence-corrected chi connectivity index (χ1v) is 10.6. The van der Waals surface area contributed by atoms with Crippen molar-refractivity contribution in [2.45, 2.75) is 38.5 Å². The predicted octanol–water partition coefficient (Wildman–Crippen LogP) is 3.84. The standard InChI is InChI=1S/C22H25NO6S/c1-13-7-4-5-8-15(13)29-12-6-9-17(24)23-20-19(22(26)28-3)18-14(21(25)27-2)10-11-16(18)30-20/h4-5,7-8,14H,6,9-12H2,1-3H3,(H,23,24)/t14-/m1/s1. The molecule has 0 bridgehead atoms. The molecule has 8 heteroatoms. The zero-order valence-electron chi connectivity index (χ0n) is 17.3. The van der Waals surface area contributed by atoms with E-state index in [0.29, 0.717) is 36.4 Å². The number of fused-ring (bicyclic) bond motifs is 1. The molecule has 1 aliphatic rings. The highest BCUT2D eigenvalue weighted by molar-refractivity contribution is 7.17. The summed E-state index contributed by atoms with van der Waals surface area (Å²) in [6.07, 6.45) is 2.02. The summed E-state index contributed by atoms with van der Waals surface area (Å²) in [4.78, 5) is 37.9. The summed E-state index contributed by atoms with van der Waals surface area (Å²) in [6, 6.07) is 7.70. The van der Waals surface area contributed by atoms with Crippen LogP contribution in [-0.2, 0) is 25.5 Å². The number of carbonyl (C=O) groups is 3. The molecule has 2 aromatic rings. The van der Waals surface area contributed by atoms with Crippen molar-refractivity contribution in [2.24, 2.45) is 0 Å². The van der Waals surface area contributed by atoms with Gasteiger partial charge in [0, 0.05) is 11.3 Å². The van der Waals surface area contributed by atoms with Crippen LogP contribution in [0.1, 0.15) is 51.5 Å². The topological polar surface area (TPSA) is 90.9 Å². The molecule has 1 aromatic heterocycles. The minimum absolute atomic E-state index is 0.219. The smallest absolute Gasteiger partial charge is 0.341 e. The average molecular weight is 432 g/mol. The van der Waals surface area contributed by atoms with Crippen LogP contribution >= 0.6 is 11.3 Å². The lowest BCUT2D eigenvalue weighted by atomic mass is 9.99. The molecule has 30 heavy (non-hydrogen) atoms. The van der Waals surface area contributed by atoms with Crippen molar-refractivity contribution in [2.75, 3.05) is 26.1 Å². The zero-order valence-corrected chi connectivity index (χ0v) is 18.1. The number of thiophene rings is 1. The SMILES string of the molecule is COC(=O)c1c(NC(=O)CCCOc2ccccc2C)sc2c1[C@H](C(=O)OC)CC2. The maximum Gasteiger partial charge on any atom is 0.341 e. The van der Waals surface area contributed by atoms with Gasteiger partial charge in [0.25, 0.3) is 0 Å². The van der Waals surface area contributed by atoms with E-state index >= 15 is 0 Å². The number of carbonyl (C=O) groups excluding carboxylic acids is 3. The highest BCUT2D eigenvalue weighted by Gasteiger charge is 2.38. The Kier molecular flexibility index (Phi) is 7.10. The highest BCUT2D eigenvalue weighted by Crippen LogP contribution is 2.45. The quantitative estimate of drug-likeness (QED) is 0.504. The van der Waals surface area contributed by atoms with Gasteiger partial charge < -0.3 is 19.5 Å². The second kappa shape index (κ2) is 9.75. The third-order valence-corrected chi connectivity index (χ3v) is 6.24. The van der Waals surface area contributed by atoms with Crippen LogP contribution in [0.5, 0.6) is 5.75 Å². The molecular weight excluding hydrogens is 406 g/mol. The first-order valence-electron chi connectivity index (χ1n) is 9.76. The van der Waals surface area contributed by atoms with Crippen LogP contribution in [0.25, 0.3) is 0 Å². The van der Waals surface area contributed by atoms with E-state index in [0.717, 1.165) is 16.2 Å². The minimum atomic E-state index is -0.568. The molecule has 1 N–H and O–H groups in total. The normalized spacial score (nSPS) is 14.7. The fourth-order valence-electron chi connectivity index (χ4n) is 3.56. The van der Waals surface area contributed by atoms with E-state index < -0.39 is 11.9 Å². The molecule has 3 rings (SSSR count). The lowest BCUT2D eigenvalue weighted by molar-refractivity contribution is -0.142. The Balaban J connectivity index is 1.64. The summed E-state index contributed by atoms with van der Waals surface area (Å²) in [5.41, 5.74) is 1.92. The summed E-state index contributed by atoms with van der Waals surface area (Å²) >= 11 is 1.32. The number of ether oxygens (including phenoxy) is 3. The molecule has 0 unspecified atom stereocenters. The Bertz CT molecular complexity index is 951. The molecule has 1 aromatic carbocycles. The molecule has 0 saturated carbocycles. The van der Waals surface area contributed by atoms with E-state index in [9.17, 15) is 14.4 Å².